The van der Waals surface area contributed by atoms with Gasteiger partial charge < -0.3 is 10.2 Å². The van der Waals surface area contributed by atoms with E-state index in [1.54, 1.807) is 23.6 Å². The molecular formula is C31H56O3. The van der Waals surface area contributed by atoms with E-state index in [0.717, 1.165) is 25.2 Å². The van der Waals surface area contributed by atoms with Crippen LogP contribution in [0.15, 0.2) is 22.8 Å². The van der Waals surface area contributed by atoms with Crippen LogP contribution in [-0.2, 0) is 4.79 Å². The third kappa shape index (κ3) is 12.0. The molecule has 0 bridgehead atoms. The van der Waals surface area contributed by atoms with E-state index in [9.17, 15) is 9.90 Å². The van der Waals surface area contributed by atoms with Crippen LogP contribution in [-0.4, -0.2) is 21.8 Å². The molecule has 3 heteroatoms. The molecule has 0 aromatic heterocycles. The minimum atomic E-state index is -0.739. The van der Waals surface area contributed by atoms with Crippen LogP contribution in [0.2, 0.25) is 0 Å². The van der Waals surface area contributed by atoms with Crippen molar-refractivity contribution in [3.8, 4) is 0 Å². The van der Waals surface area contributed by atoms with Gasteiger partial charge in [-0.25, -0.2) is 0 Å². The van der Waals surface area contributed by atoms with Crippen LogP contribution >= 0.6 is 0 Å². The van der Waals surface area contributed by atoms with Gasteiger partial charge in [0.15, 0.2) is 0 Å². The molecule has 0 aromatic carbocycles. The Hall–Kier alpha value is -1.09. The standard InChI is InChI=1S/C31H56O3/c1-8-12-29-27(6)25(4)18-20-28(29)19-17-24(3)14-9-13-23(2)15-10-21-31(7,34)22-11-16-26(5)30(32)33/h20,23-26,34H,8-19,21-22H2,1-7H3,(H,32,33). The second-order valence-corrected chi connectivity index (χ2v) is 12.0. The van der Waals surface area contributed by atoms with Crippen molar-refractivity contribution in [2.45, 2.75) is 144 Å². The molecule has 2 N–H and O–H groups in total. The Bertz CT molecular complexity index is 658. The Morgan fingerprint density at radius 2 is 1.56 bits per heavy atom. The molecule has 0 heterocycles. The Balaban J connectivity index is 2.23. The zero-order valence-corrected chi connectivity index (χ0v) is 23.6. The molecular weight excluding hydrogens is 420 g/mol. The van der Waals surface area contributed by atoms with Gasteiger partial charge in [0.1, 0.15) is 0 Å². The van der Waals surface area contributed by atoms with Gasteiger partial charge in [-0.1, -0.05) is 84.8 Å². The highest BCUT2D eigenvalue weighted by Crippen LogP contribution is 2.35. The zero-order chi connectivity index (χ0) is 25.7. The summed E-state index contributed by atoms with van der Waals surface area (Å²) in [5.74, 6) is 1.15. The van der Waals surface area contributed by atoms with Crippen molar-refractivity contribution in [1.29, 1.82) is 0 Å². The molecule has 1 aliphatic carbocycles. The van der Waals surface area contributed by atoms with Crippen molar-refractivity contribution in [2.75, 3.05) is 0 Å². The Kier molecular flexibility index (Phi) is 14.4. The number of aliphatic hydroxyl groups is 1. The number of hydrogen-bond donors (Lipinski definition) is 2. The molecule has 1 rings (SSSR count). The van der Waals surface area contributed by atoms with Gasteiger partial charge in [0.05, 0.1) is 11.5 Å². The van der Waals surface area contributed by atoms with Crippen LogP contribution < -0.4 is 0 Å². The highest BCUT2D eigenvalue weighted by atomic mass is 16.4. The number of carbonyl (C=O) groups is 1. The first-order valence-corrected chi connectivity index (χ1v) is 14.3. The second-order valence-electron chi connectivity index (χ2n) is 12.0. The van der Waals surface area contributed by atoms with Gasteiger partial charge in [0.2, 0.25) is 0 Å². The van der Waals surface area contributed by atoms with E-state index < -0.39 is 11.6 Å². The Morgan fingerprint density at radius 3 is 2.15 bits per heavy atom. The number of aliphatic carboxylic acids is 1. The van der Waals surface area contributed by atoms with E-state index in [4.69, 9.17) is 5.11 Å². The second kappa shape index (κ2) is 15.8. The van der Waals surface area contributed by atoms with Crippen molar-refractivity contribution >= 4 is 5.97 Å². The van der Waals surface area contributed by atoms with Crippen LogP contribution in [0.1, 0.15) is 138 Å². The zero-order valence-electron chi connectivity index (χ0n) is 23.6. The van der Waals surface area contributed by atoms with Gasteiger partial charge in [-0.05, 0) is 94.1 Å². The van der Waals surface area contributed by atoms with Crippen molar-refractivity contribution in [2.24, 2.45) is 23.7 Å². The quantitative estimate of drug-likeness (QED) is 0.207. The Morgan fingerprint density at radius 1 is 1.00 bits per heavy atom. The summed E-state index contributed by atoms with van der Waals surface area (Å²) in [6.07, 6.45) is 17.8. The summed E-state index contributed by atoms with van der Waals surface area (Å²) in [5.41, 5.74) is 4.27. The molecule has 34 heavy (non-hydrogen) atoms. The van der Waals surface area contributed by atoms with Gasteiger partial charge in [-0.3, -0.25) is 4.79 Å². The fourth-order valence-electron chi connectivity index (χ4n) is 5.40. The molecule has 0 spiro atoms. The molecule has 0 fully saturated rings. The minimum Gasteiger partial charge on any atom is -0.481 e. The summed E-state index contributed by atoms with van der Waals surface area (Å²) in [6, 6.07) is 0. The molecule has 0 aliphatic heterocycles. The van der Waals surface area contributed by atoms with Gasteiger partial charge in [-0.2, -0.15) is 0 Å². The normalized spacial score (nSPS) is 21.1. The fourth-order valence-corrected chi connectivity index (χ4v) is 5.40. The van der Waals surface area contributed by atoms with E-state index in [0.29, 0.717) is 24.7 Å². The molecule has 0 aromatic rings. The van der Waals surface area contributed by atoms with Crippen LogP contribution in [0, 0.1) is 23.7 Å². The molecule has 0 radical (unpaired) electrons. The summed E-state index contributed by atoms with van der Waals surface area (Å²) < 4.78 is 0. The van der Waals surface area contributed by atoms with Gasteiger partial charge in [-0.15, -0.1) is 0 Å². The lowest BCUT2D eigenvalue weighted by Crippen LogP contribution is -2.24. The van der Waals surface area contributed by atoms with E-state index in [2.05, 4.69) is 40.7 Å². The summed E-state index contributed by atoms with van der Waals surface area (Å²) in [6.45, 7) is 15.5. The number of carboxylic acid groups (broad SMARTS) is 1. The number of carboxylic acids is 1. The lowest BCUT2D eigenvalue weighted by molar-refractivity contribution is -0.141. The average Bonchev–Trinajstić information content (AvgIpc) is 2.76. The summed E-state index contributed by atoms with van der Waals surface area (Å²) >= 11 is 0. The van der Waals surface area contributed by atoms with E-state index in [1.165, 1.54) is 57.8 Å². The van der Waals surface area contributed by atoms with Crippen LogP contribution in [0.3, 0.4) is 0 Å². The van der Waals surface area contributed by atoms with E-state index in [-0.39, 0.29) is 5.92 Å². The monoisotopic (exact) mass is 476 g/mol. The summed E-state index contributed by atoms with van der Waals surface area (Å²) in [4.78, 5) is 10.9. The number of hydrogen-bond acceptors (Lipinski definition) is 2. The lowest BCUT2D eigenvalue weighted by Gasteiger charge is -2.26. The molecule has 0 saturated heterocycles. The predicted molar refractivity (Wildman–Crippen MR) is 146 cm³/mol. The molecule has 3 nitrogen and oxygen atoms in total. The Labute approximate surface area is 211 Å². The van der Waals surface area contributed by atoms with E-state index >= 15 is 0 Å². The fraction of sp³-hybridized carbons (Fsp3) is 0.839. The maximum atomic E-state index is 10.9. The average molecular weight is 477 g/mol. The lowest BCUT2D eigenvalue weighted by atomic mass is 9.80. The van der Waals surface area contributed by atoms with Crippen LogP contribution in [0.25, 0.3) is 0 Å². The smallest absolute Gasteiger partial charge is 0.306 e. The molecule has 1 aliphatic rings. The van der Waals surface area contributed by atoms with Gasteiger partial charge >= 0.3 is 5.97 Å². The van der Waals surface area contributed by atoms with Crippen molar-refractivity contribution < 1.29 is 15.0 Å². The molecule has 5 unspecified atom stereocenters. The predicted octanol–water partition coefficient (Wildman–Crippen LogP) is 9.10. The third-order valence-electron chi connectivity index (χ3n) is 8.31. The highest BCUT2D eigenvalue weighted by molar-refractivity contribution is 5.69. The van der Waals surface area contributed by atoms with Gasteiger partial charge in [0.25, 0.3) is 0 Å². The first-order valence-electron chi connectivity index (χ1n) is 14.3. The topological polar surface area (TPSA) is 57.5 Å². The number of rotatable bonds is 18. The molecule has 198 valence electrons. The summed E-state index contributed by atoms with van der Waals surface area (Å²) in [7, 11) is 0. The number of allylic oxidation sites excluding steroid dienone is 4. The van der Waals surface area contributed by atoms with E-state index in [1.807, 2.05) is 6.92 Å². The minimum absolute atomic E-state index is 0.319. The highest BCUT2D eigenvalue weighted by Gasteiger charge is 2.22. The van der Waals surface area contributed by atoms with Crippen LogP contribution in [0.4, 0.5) is 0 Å². The van der Waals surface area contributed by atoms with Crippen molar-refractivity contribution in [1.82, 2.24) is 0 Å². The third-order valence-corrected chi connectivity index (χ3v) is 8.31. The van der Waals surface area contributed by atoms with Crippen LogP contribution in [0.5, 0.6) is 0 Å². The molecule has 5 atom stereocenters. The first kappa shape index (κ1) is 30.9. The SMILES string of the molecule is CCCC1=C(C)C(C)CC=C1CCC(C)CCCC(C)CCCC(C)(O)CCCC(C)C(=O)O. The van der Waals surface area contributed by atoms with Gasteiger partial charge in [0, 0.05) is 0 Å². The molecule has 0 saturated carbocycles. The first-order chi connectivity index (χ1) is 16.0. The summed E-state index contributed by atoms with van der Waals surface area (Å²) in [5, 5.41) is 19.6. The van der Waals surface area contributed by atoms with Crippen molar-refractivity contribution in [3.05, 3.63) is 22.8 Å². The van der Waals surface area contributed by atoms with Crippen molar-refractivity contribution in [3.63, 3.8) is 0 Å². The maximum Gasteiger partial charge on any atom is 0.306 e. The maximum absolute atomic E-state index is 10.9. The largest absolute Gasteiger partial charge is 0.481 e. The molecule has 0 amide bonds.